The molecule has 4 nitrogen and oxygen atoms in total. The molecule has 2 heterocycles. The summed E-state index contributed by atoms with van der Waals surface area (Å²) >= 11 is 0. The summed E-state index contributed by atoms with van der Waals surface area (Å²) in [5, 5.41) is 6.85. The van der Waals surface area contributed by atoms with Gasteiger partial charge in [0.2, 0.25) is 0 Å². The number of aromatic amines is 1. The van der Waals surface area contributed by atoms with Crippen molar-refractivity contribution in [3.8, 4) is 11.5 Å². The zero-order valence-corrected chi connectivity index (χ0v) is 12.0. The molecule has 2 rings (SSSR count). The Balaban J connectivity index is 2.52. The minimum Gasteiger partial charge on any atom is -0.281 e. The van der Waals surface area contributed by atoms with Crippen LogP contribution in [0.2, 0.25) is 0 Å². The van der Waals surface area contributed by atoms with E-state index in [9.17, 15) is 8.78 Å². The molecule has 0 bridgehead atoms. The lowest BCUT2D eigenvalue weighted by Gasteiger charge is -2.03. The van der Waals surface area contributed by atoms with Crippen LogP contribution in [0.5, 0.6) is 0 Å². The van der Waals surface area contributed by atoms with E-state index in [1.54, 1.807) is 6.92 Å². The van der Waals surface area contributed by atoms with Gasteiger partial charge in [-0.3, -0.25) is 5.10 Å². The van der Waals surface area contributed by atoms with Crippen molar-refractivity contribution in [2.75, 3.05) is 0 Å². The first-order valence-corrected chi connectivity index (χ1v) is 6.63. The fourth-order valence-electron chi connectivity index (χ4n) is 1.91. The van der Waals surface area contributed by atoms with Gasteiger partial charge in [0.15, 0.2) is 11.6 Å². The average molecular weight is 290 g/mol. The van der Waals surface area contributed by atoms with Crippen LogP contribution in [0.1, 0.15) is 30.3 Å². The largest absolute Gasteiger partial charge is 0.281 e. The molecule has 0 unspecified atom stereocenters. The lowest BCUT2D eigenvalue weighted by Crippen LogP contribution is -2.00. The van der Waals surface area contributed by atoms with Crippen LogP contribution in [0.4, 0.5) is 8.78 Å². The number of nitrogens with zero attached hydrogens (tertiary/aromatic N) is 3. The maximum absolute atomic E-state index is 13.6. The Morgan fingerprint density at radius 2 is 2.24 bits per heavy atom. The normalized spacial score (nSPS) is 11.7. The number of nitrogens with one attached hydrogen (secondary N) is 1. The van der Waals surface area contributed by atoms with Crippen LogP contribution in [0.25, 0.3) is 17.6 Å². The Bertz CT molecular complexity index is 689. The van der Waals surface area contributed by atoms with E-state index in [1.165, 1.54) is 6.08 Å². The van der Waals surface area contributed by atoms with Crippen LogP contribution in [0, 0.1) is 12.7 Å². The number of H-pyrrole nitrogens is 1. The summed E-state index contributed by atoms with van der Waals surface area (Å²) in [5.41, 5.74) is 1.93. The van der Waals surface area contributed by atoms with Gasteiger partial charge < -0.3 is 0 Å². The van der Waals surface area contributed by atoms with E-state index >= 15 is 0 Å². The predicted molar refractivity (Wildman–Crippen MR) is 77.6 cm³/mol. The Morgan fingerprint density at radius 3 is 2.90 bits per heavy atom. The molecule has 0 saturated carbocycles. The van der Waals surface area contributed by atoms with Gasteiger partial charge in [-0.15, -0.1) is 0 Å². The highest BCUT2D eigenvalue weighted by atomic mass is 19.1. The van der Waals surface area contributed by atoms with Crippen LogP contribution in [0.3, 0.4) is 0 Å². The first-order valence-electron chi connectivity index (χ1n) is 6.63. The minimum atomic E-state index is -0.489. The van der Waals surface area contributed by atoms with E-state index in [0.717, 1.165) is 18.7 Å². The lowest BCUT2D eigenvalue weighted by molar-refractivity contribution is 0.588. The highest BCUT2D eigenvalue weighted by Crippen LogP contribution is 2.24. The molecule has 2 aromatic rings. The van der Waals surface area contributed by atoms with Crippen molar-refractivity contribution in [3.05, 3.63) is 47.4 Å². The Labute approximate surface area is 121 Å². The van der Waals surface area contributed by atoms with E-state index < -0.39 is 11.6 Å². The number of halogens is 2. The highest BCUT2D eigenvalue weighted by molar-refractivity contribution is 5.70. The molecular weight excluding hydrogens is 274 g/mol. The summed E-state index contributed by atoms with van der Waals surface area (Å²) in [6.07, 6.45) is 4.80. The predicted octanol–water partition coefficient (Wildman–Crippen LogP) is 3.76. The fraction of sp³-hybridized carbons (Fsp3) is 0.267. The molecule has 0 aliphatic heterocycles. The minimum absolute atomic E-state index is 0.271. The summed E-state index contributed by atoms with van der Waals surface area (Å²) in [6, 6.07) is 0. The highest BCUT2D eigenvalue weighted by Gasteiger charge is 2.15. The molecule has 0 aliphatic rings. The fourth-order valence-corrected chi connectivity index (χ4v) is 1.91. The smallest absolute Gasteiger partial charge is 0.181 e. The third-order valence-electron chi connectivity index (χ3n) is 2.99. The van der Waals surface area contributed by atoms with Gasteiger partial charge in [-0.05, 0) is 25.5 Å². The Hall–Kier alpha value is -2.37. The van der Waals surface area contributed by atoms with Crippen molar-refractivity contribution < 1.29 is 8.78 Å². The van der Waals surface area contributed by atoms with Gasteiger partial charge in [-0.1, -0.05) is 19.9 Å². The number of aromatic nitrogens is 4. The summed E-state index contributed by atoms with van der Waals surface area (Å²) in [4.78, 5) is 8.15. The van der Waals surface area contributed by atoms with E-state index in [4.69, 9.17) is 0 Å². The van der Waals surface area contributed by atoms with E-state index in [0.29, 0.717) is 29.1 Å². The standard InChI is InChI=1S/C15H16F2N4/c1-4-6-13-12(17)8-18-15(19-13)14-11(7-10(16)5-2)9(3)20-21-14/h5,7-8H,2,4,6H2,1,3H3,(H,20,21)/b10-7+. The van der Waals surface area contributed by atoms with Gasteiger partial charge in [0, 0.05) is 11.3 Å². The molecule has 2 aromatic heterocycles. The molecule has 6 heteroatoms. The molecule has 0 fully saturated rings. The molecule has 1 N–H and O–H groups in total. The number of hydrogen-bond acceptors (Lipinski definition) is 3. The van der Waals surface area contributed by atoms with E-state index in [1.807, 2.05) is 6.92 Å². The van der Waals surface area contributed by atoms with Gasteiger partial charge in [0.25, 0.3) is 0 Å². The van der Waals surface area contributed by atoms with E-state index in [-0.39, 0.29) is 5.82 Å². The number of allylic oxidation sites excluding steroid dienone is 2. The second kappa shape index (κ2) is 6.39. The third-order valence-corrected chi connectivity index (χ3v) is 2.99. The Morgan fingerprint density at radius 1 is 1.48 bits per heavy atom. The second-order valence-electron chi connectivity index (χ2n) is 4.58. The van der Waals surface area contributed by atoms with Crippen LogP contribution in [-0.4, -0.2) is 20.2 Å². The average Bonchev–Trinajstić information content (AvgIpc) is 2.83. The summed E-state index contributed by atoms with van der Waals surface area (Å²) in [7, 11) is 0. The maximum atomic E-state index is 13.6. The molecule has 21 heavy (non-hydrogen) atoms. The Kier molecular flexibility index (Phi) is 4.57. The maximum Gasteiger partial charge on any atom is 0.181 e. The van der Waals surface area contributed by atoms with Gasteiger partial charge in [0.1, 0.15) is 11.5 Å². The van der Waals surface area contributed by atoms with Gasteiger partial charge in [-0.2, -0.15) is 5.10 Å². The topological polar surface area (TPSA) is 54.5 Å². The summed E-state index contributed by atoms with van der Waals surface area (Å²) in [5.74, 6) is -0.661. The van der Waals surface area contributed by atoms with Crippen molar-refractivity contribution in [1.29, 1.82) is 0 Å². The first-order chi connectivity index (χ1) is 10.1. The van der Waals surface area contributed by atoms with Gasteiger partial charge >= 0.3 is 0 Å². The molecule has 0 spiro atoms. The molecule has 0 aromatic carbocycles. The zero-order chi connectivity index (χ0) is 15.4. The van der Waals surface area contributed by atoms with Crippen molar-refractivity contribution in [2.24, 2.45) is 0 Å². The molecule has 0 radical (unpaired) electrons. The molecule has 0 saturated heterocycles. The number of aryl methyl sites for hydroxylation is 2. The van der Waals surface area contributed by atoms with Gasteiger partial charge in [-0.25, -0.2) is 18.7 Å². The second-order valence-corrected chi connectivity index (χ2v) is 4.58. The van der Waals surface area contributed by atoms with Crippen molar-refractivity contribution in [3.63, 3.8) is 0 Å². The third kappa shape index (κ3) is 3.21. The van der Waals surface area contributed by atoms with Crippen LogP contribution in [-0.2, 0) is 6.42 Å². The number of hydrogen-bond donors (Lipinski definition) is 1. The van der Waals surface area contributed by atoms with Crippen LogP contribution < -0.4 is 0 Å². The van der Waals surface area contributed by atoms with Crippen molar-refractivity contribution in [2.45, 2.75) is 26.7 Å². The monoisotopic (exact) mass is 290 g/mol. The number of rotatable bonds is 5. The SMILES string of the molecule is C=C/C(F)=C\c1c(-c2ncc(F)c(CCC)n2)n[nH]c1C. The zero-order valence-electron chi connectivity index (χ0n) is 12.0. The summed E-state index contributed by atoms with van der Waals surface area (Å²) in [6.45, 7) is 7.07. The molecule has 0 atom stereocenters. The molecular formula is C15H16F2N4. The van der Waals surface area contributed by atoms with Crippen molar-refractivity contribution >= 4 is 6.08 Å². The van der Waals surface area contributed by atoms with Crippen molar-refractivity contribution in [1.82, 2.24) is 20.2 Å². The summed E-state index contributed by atoms with van der Waals surface area (Å²) < 4.78 is 27.0. The first kappa shape index (κ1) is 15.0. The molecule has 110 valence electrons. The quantitative estimate of drug-likeness (QED) is 0.853. The van der Waals surface area contributed by atoms with Gasteiger partial charge in [0.05, 0.1) is 11.9 Å². The van der Waals surface area contributed by atoms with Crippen LogP contribution in [0.15, 0.2) is 24.7 Å². The lowest BCUT2D eigenvalue weighted by atomic mass is 10.1. The molecule has 0 amide bonds. The van der Waals surface area contributed by atoms with Crippen LogP contribution >= 0.6 is 0 Å². The van der Waals surface area contributed by atoms with E-state index in [2.05, 4.69) is 26.7 Å². The molecule has 0 aliphatic carbocycles.